The highest BCUT2D eigenvalue weighted by Gasteiger charge is 2.08. The summed E-state index contributed by atoms with van der Waals surface area (Å²) < 4.78 is 1.02. The lowest BCUT2D eigenvalue weighted by molar-refractivity contribution is 0.819. The Kier molecular flexibility index (Phi) is 2.81. The Morgan fingerprint density at radius 1 is 1.50 bits per heavy atom. The van der Waals surface area contributed by atoms with Gasteiger partial charge in [0.1, 0.15) is 0 Å². The Balaban J connectivity index is 2.66. The Labute approximate surface area is 95.8 Å². The van der Waals surface area contributed by atoms with E-state index in [-0.39, 0.29) is 0 Å². The van der Waals surface area contributed by atoms with Crippen molar-refractivity contribution in [1.82, 2.24) is 10.3 Å². The molecule has 0 aliphatic heterocycles. The van der Waals surface area contributed by atoms with E-state index in [1.807, 2.05) is 25.2 Å². The predicted octanol–water partition coefficient (Wildman–Crippen LogP) is 3.30. The quantitative estimate of drug-likeness (QED) is 0.863. The Morgan fingerprint density at radius 3 is 3.00 bits per heavy atom. The SMILES string of the molecule is CNCc1c(Br)[nH]c2ccc(Cl)cc12. The first-order chi connectivity index (χ1) is 6.72. The van der Waals surface area contributed by atoms with Crippen LogP contribution in [0.2, 0.25) is 5.02 Å². The number of aromatic amines is 1. The van der Waals surface area contributed by atoms with Crippen molar-refractivity contribution in [3.05, 3.63) is 33.4 Å². The Morgan fingerprint density at radius 2 is 2.29 bits per heavy atom. The molecule has 2 N–H and O–H groups in total. The van der Waals surface area contributed by atoms with Crippen molar-refractivity contribution in [2.75, 3.05) is 7.05 Å². The van der Waals surface area contributed by atoms with Gasteiger partial charge in [0.05, 0.1) is 4.60 Å². The van der Waals surface area contributed by atoms with Gasteiger partial charge in [-0.3, -0.25) is 0 Å². The lowest BCUT2D eigenvalue weighted by Gasteiger charge is -1.98. The zero-order chi connectivity index (χ0) is 10.1. The van der Waals surface area contributed by atoms with Gasteiger partial charge in [-0.15, -0.1) is 0 Å². The maximum absolute atomic E-state index is 5.95. The summed E-state index contributed by atoms with van der Waals surface area (Å²) in [5.41, 5.74) is 2.32. The normalized spacial score (nSPS) is 11.1. The van der Waals surface area contributed by atoms with E-state index in [1.54, 1.807) is 0 Å². The molecule has 0 radical (unpaired) electrons. The summed E-state index contributed by atoms with van der Waals surface area (Å²) in [5.74, 6) is 0. The topological polar surface area (TPSA) is 27.8 Å². The van der Waals surface area contributed by atoms with Crippen LogP contribution in [-0.2, 0) is 6.54 Å². The highest BCUT2D eigenvalue weighted by molar-refractivity contribution is 9.10. The molecule has 0 spiro atoms. The number of fused-ring (bicyclic) bond motifs is 1. The first-order valence-corrected chi connectivity index (χ1v) is 5.49. The minimum Gasteiger partial charge on any atom is -0.349 e. The average molecular weight is 274 g/mol. The van der Waals surface area contributed by atoms with Crippen LogP contribution in [0, 0.1) is 0 Å². The van der Waals surface area contributed by atoms with Crippen molar-refractivity contribution in [3.63, 3.8) is 0 Å². The van der Waals surface area contributed by atoms with Gasteiger partial charge in [0.2, 0.25) is 0 Å². The minimum absolute atomic E-state index is 0.765. The molecule has 2 aromatic rings. The van der Waals surface area contributed by atoms with E-state index < -0.39 is 0 Å². The Bertz CT molecular complexity index is 464. The number of nitrogens with one attached hydrogen (secondary N) is 2. The monoisotopic (exact) mass is 272 g/mol. The fourth-order valence-electron chi connectivity index (χ4n) is 1.54. The minimum atomic E-state index is 0.765. The van der Waals surface area contributed by atoms with E-state index in [0.29, 0.717) is 0 Å². The van der Waals surface area contributed by atoms with E-state index in [0.717, 1.165) is 21.7 Å². The molecule has 0 atom stereocenters. The molecule has 1 heterocycles. The van der Waals surface area contributed by atoms with Crippen LogP contribution in [0.15, 0.2) is 22.8 Å². The smallest absolute Gasteiger partial charge is 0.0876 e. The molecular weight excluding hydrogens is 263 g/mol. The molecule has 0 aliphatic carbocycles. The lowest BCUT2D eigenvalue weighted by Crippen LogP contribution is -2.04. The molecule has 1 aromatic heterocycles. The number of hydrogen-bond donors (Lipinski definition) is 2. The molecule has 0 saturated heterocycles. The second kappa shape index (κ2) is 3.93. The summed E-state index contributed by atoms with van der Waals surface area (Å²) in [6.45, 7) is 0.820. The second-order valence-corrected chi connectivity index (χ2v) is 4.37. The second-order valence-electron chi connectivity index (χ2n) is 3.14. The highest BCUT2D eigenvalue weighted by atomic mass is 79.9. The molecule has 4 heteroatoms. The number of hydrogen-bond acceptors (Lipinski definition) is 1. The van der Waals surface area contributed by atoms with Crippen molar-refractivity contribution in [2.24, 2.45) is 0 Å². The molecule has 14 heavy (non-hydrogen) atoms. The Hall–Kier alpha value is -0.510. The number of aromatic nitrogens is 1. The third-order valence-corrected chi connectivity index (χ3v) is 3.08. The van der Waals surface area contributed by atoms with Crippen molar-refractivity contribution in [1.29, 1.82) is 0 Å². The van der Waals surface area contributed by atoms with Crippen LogP contribution in [0.1, 0.15) is 5.56 Å². The number of halogens is 2. The summed E-state index contributed by atoms with van der Waals surface area (Å²) in [6, 6.07) is 5.85. The van der Waals surface area contributed by atoms with Crippen LogP contribution in [0.4, 0.5) is 0 Å². The summed E-state index contributed by atoms with van der Waals surface area (Å²) >= 11 is 9.45. The molecular formula is C10H10BrClN2. The van der Waals surface area contributed by atoms with Gasteiger partial charge in [0.25, 0.3) is 0 Å². The van der Waals surface area contributed by atoms with Crippen molar-refractivity contribution >= 4 is 38.4 Å². The first kappa shape index (κ1) is 10.0. The van der Waals surface area contributed by atoms with E-state index in [2.05, 4.69) is 26.2 Å². The first-order valence-electron chi connectivity index (χ1n) is 4.32. The molecule has 0 saturated carbocycles. The molecule has 0 bridgehead atoms. The molecule has 74 valence electrons. The zero-order valence-electron chi connectivity index (χ0n) is 7.70. The van der Waals surface area contributed by atoms with Gasteiger partial charge in [0.15, 0.2) is 0 Å². The van der Waals surface area contributed by atoms with Gasteiger partial charge in [0, 0.05) is 28.0 Å². The van der Waals surface area contributed by atoms with Crippen LogP contribution in [0.5, 0.6) is 0 Å². The molecule has 1 aromatic carbocycles. The summed E-state index contributed by atoms with van der Waals surface area (Å²) in [6.07, 6.45) is 0. The highest BCUT2D eigenvalue weighted by Crippen LogP contribution is 2.28. The van der Waals surface area contributed by atoms with Crippen molar-refractivity contribution in [3.8, 4) is 0 Å². The molecule has 0 amide bonds. The lowest BCUT2D eigenvalue weighted by atomic mass is 10.2. The van der Waals surface area contributed by atoms with Gasteiger partial charge in [-0.1, -0.05) is 11.6 Å². The molecule has 0 fully saturated rings. The summed E-state index contributed by atoms with van der Waals surface area (Å²) in [4.78, 5) is 3.26. The molecule has 2 rings (SSSR count). The van der Waals surface area contributed by atoms with Crippen LogP contribution < -0.4 is 5.32 Å². The predicted molar refractivity (Wildman–Crippen MR) is 63.8 cm³/mol. The molecule has 0 unspecified atom stereocenters. The third-order valence-electron chi connectivity index (χ3n) is 2.17. The number of benzene rings is 1. The van der Waals surface area contributed by atoms with E-state index in [1.165, 1.54) is 10.9 Å². The molecule has 2 nitrogen and oxygen atoms in total. The maximum atomic E-state index is 5.95. The standard InChI is InChI=1S/C10H10BrClN2/c1-13-5-8-7-4-6(12)2-3-9(7)14-10(8)11/h2-4,13-14H,5H2,1H3. The van der Waals surface area contributed by atoms with Crippen molar-refractivity contribution in [2.45, 2.75) is 6.54 Å². The number of rotatable bonds is 2. The van der Waals surface area contributed by atoms with Gasteiger partial charge >= 0.3 is 0 Å². The van der Waals surface area contributed by atoms with Crippen LogP contribution in [-0.4, -0.2) is 12.0 Å². The fourth-order valence-corrected chi connectivity index (χ4v) is 2.28. The fraction of sp³-hybridized carbons (Fsp3) is 0.200. The summed E-state index contributed by atoms with van der Waals surface area (Å²) in [5, 5.41) is 5.06. The zero-order valence-corrected chi connectivity index (χ0v) is 10.0. The van der Waals surface area contributed by atoms with E-state index >= 15 is 0 Å². The van der Waals surface area contributed by atoms with Gasteiger partial charge in [-0.25, -0.2) is 0 Å². The molecule has 0 aliphatic rings. The van der Waals surface area contributed by atoms with Crippen molar-refractivity contribution < 1.29 is 0 Å². The maximum Gasteiger partial charge on any atom is 0.0876 e. The van der Waals surface area contributed by atoms with Crippen LogP contribution in [0.3, 0.4) is 0 Å². The van der Waals surface area contributed by atoms with Gasteiger partial charge in [-0.05, 0) is 41.2 Å². The average Bonchev–Trinajstić information content (AvgIpc) is 2.45. The third kappa shape index (κ3) is 1.67. The summed E-state index contributed by atoms with van der Waals surface area (Å²) in [7, 11) is 1.93. The number of H-pyrrole nitrogens is 1. The van der Waals surface area contributed by atoms with E-state index in [9.17, 15) is 0 Å². The van der Waals surface area contributed by atoms with E-state index in [4.69, 9.17) is 11.6 Å². The van der Waals surface area contributed by atoms with Gasteiger partial charge < -0.3 is 10.3 Å². The largest absolute Gasteiger partial charge is 0.349 e. The van der Waals surface area contributed by atoms with Crippen LogP contribution >= 0.6 is 27.5 Å². The van der Waals surface area contributed by atoms with Gasteiger partial charge in [-0.2, -0.15) is 0 Å². The van der Waals surface area contributed by atoms with Crippen LogP contribution in [0.25, 0.3) is 10.9 Å².